The summed E-state index contributed by atoms with van der Waals surface area (Å²) in [4.78, 5) is 0. The molecule has 1 heterocycles. The van der Waals surface area contributed by atoms with E-state index in [0.29, 0.717) is 0 Å². The molecule has 1 saturated heterocycles. The second kappa shape index (κ2) is 4.53. The first-order valence-electron chi connectivity index (χ1n) is 5.18. The lowest BCUT2D eigenvalue weighted by Gasteiger charge is -2.15. The Bertz CT molecular complexity index is 330. The van der Waals surface area contributed by atoms with Crippen LogP contribution in [0, 0.1) is 0 Å². The molecular formula is C12H16O3. The van der Waals surface area contributed by atoms with Crippen molar-refractivity contribution in [2.45, 2.75) is 18.9 Å². The van der Waals surface area contributed by atoms with Crippen LogP contribution in [0.3, 0.4) is 0 Å². The van der Waals surface area contributed by atoms with Crippen LogP contribution in [0.4, 0.5) is 0 Å². The van der Waals surface area contributed by atoms with E-state index < -0.39 is 0 Å². The highest BCUT2D eigenvalue weighted by Crippen LogP contribution is 2.36. The highest BCUT2D eigenvalue weighted by Gasteiger charge is 2.21. The lowest BCUT2D eigenvalue weighted by atomic mass is 10.1. The molecule has 82 valence electrons. The molecule has 0 aromatic heterocycles. The summed E-state index contributed by atoms with van der Waals surface area (Å²) in [7, 11) is 3.35. The number of ether oxygens (including phenoxy) is 3. The van der Waals surface area contributed by atoms with E-state index in [4.69, 9.17) is 14.2 Å². The molecule has 1 aromatic rings. The Labute approximate surface area is 90.0 Å². The van der Waals surface area contributed by atoms with Crippen molar-refractivity contribution in [3.8, 4) is 11.5 Å². The second-order valence-electron chi connectivity index (χ2n) is 3.61. The fourth-order valence-corrected chi connectivity index (χ4v) is 1.91. The highest BCUT2D eigenvalue weighted by molar-refractivity contribution is 5.41. The van der Waals surface area contributed by atoms with E-state index in [9.17, 15) is 0 Å². The minimum absolute atomic E-state index is 0.162. The third kappa shape index (κ3) is 2.07. The van der Waals surface area contributed by atoms with Crippen molar-refractivity contribution >= 4 is 0 Å². The largest absolute Gasteiger partial charge is 0.497 e. The van der Waals surface area contributed by atoms with Gasteiger partial charge in [0, 0.05) is 12.2 Å². The van der Waals surface area contributed by atoms with Crippen molar-refractivity contribution in [2.75, 3.05) is 20.8 Å². The molecular weight excluding hydrogens is 192 g/mol. The van der Waals surface area contributed by atoms with Gasteiger partial charge in [-0.3, -0.25) is 0 Å². The highest BCUT2D eigenvalue weighted by atomic mass is 16.5. The van der Waals surface area contributed by atoms with Gasteiger partial charge in [-0.25, -0.2) is 0 Å². The summed E-state index contributed by atoms with van der Waals surface area (Å²) in [5.74, 6) is 1.73. The molecule has 0 saturated carbocycles. The van der Waals surface area contributed by atoms with Gasteiger partial charge in [-0.1, -0.05) is 0 Å². The van der Waals surface area contributed by atoms with E-state index in [-0.39, 0.29) is 6.10 Å². The van der Waals surface area contributed by atoms with Crippen LogP contribution in [0.5, 0.6) is 11.5 Å². The standard InChI is InChI=1S/C12H16O3/c1-13-9-5-6-11(14-2)10(8-9)12-4-3-7-15-12/h5-6,8,12H,3-4,7H2,1-2H3. The Morgan fingerprint density at radius 1 is 1.27 bits per heavy atom. The van der Waals surface area contributed by atoms with Crippen LogP contribution >= 0.6 is 0 Å². The van der Waals surface area contributed by atoms with Crippen LogP contribution in [0.15, 0.2) is 18.2 Å². The molecule has 0 amide bonds. The lowest BCUT2D eigenvalue weighted by molar-refractivity contribution is 0.109. The van der Waals surface area contributed by atoms with Crippen molar-refractivity contribution in [3.05, 3.63) is 23.8 Å². The molecule has 2 rings (SSSR count). The van der Waals surface area contributed by atoms with Gasteiger partial charge < -0.3 is 14.2 Å². The summed E-state index contributed by atoms with van der Waals surface area (Å²) in [6.07, 6.45) is 2.34. The van der Waals surface area contributed by atoms with Crippen LogP contribution in [-0.4, -0.2) is 20.8 Å². The van der Waals surface area contributed by atoms with Gasteiger partial charge in [0.15, 0.2) is 0 Å². The molecule has 1 unspecified atom stereocenters. The molecule has 1 fully saturated rings. The summed E-state index contributed by atoms with van der Waals surface area (Å²) < 4.78 is 16.2. The van der Waals surface area contributed by atoms with Gasteiger partial charge >= 0.3 is 0 Å². The van der Waals surface area contributed by atoms with Crippen LogP contribution in [0.25, 0.3) is 0 Å². The average Bonchev–Trinajstić information content (AvgIpc) is 2.81. The fourth-order valence-electron chi connectivity index (χ4n) is 1.91. The molecule has 1 atom stereocenters. The average molecular weight is 208 g/mol. The Kier molecular flexibility index (Phi) is 3.11. The zero-order chi connectivity index (χ0) is 10.7. The Morgan fingerprint density at radius 3 is 2.73 bits per heavy atom. The van der Waals surface area contributed by atoms with Gasteiger partial charge in [0.1, 0.15) is 11.5 Å². The smallest absolute Gasteiger partial charge is 0.124 e. The van der Waals surface area contributed by atoms with Gasteiger partial charge in [0.2, 0.25) is 0 Å². The first kappa shape index (κ1) is 10.3. The molecule has 0 radical (unpaired) electrons. The van der Waals surface area contributed by atoms with Crippen LogP contribution < -0.4 is 9.47 Å². The maximum absolute atomic E-state index is 5.65. The maximum atomic E-state index is 5.65. The molecule has 3 nitrogen and oxygen atoms in total. The Morgan fingerprint density at radius 2 is 2.13 bits per heavy atom. The van der Waals surface area contributed by atoms with Crippen LogP contribution in [0.1, 0.15) is 24.5 Å². The van der Waals surface area contributed by atoms with E-state index in [1.165, 1.54) is 0 Å². The van der Waals surface area contributed by atoms with Gasteiger partial charge in [-0.15, -0.1) is 0 Å². The van der Waals surface area contributed by atoms with Crippen molar-refractivity contribution in [1.29, 1.82) is 0 Å². The fraction of sp³-hybridized carbons (Fsp3) is 0.500. The summed E-state index contributed by atoms with van der Waals surface area (Å²) in [5, 5.41) is 0. The van der Waals surface area contributed by atoms with Gasteiger partial charge in [-0.05, 0) is 31.0 Å². The molecule has 1 aliphatic rings. The molecule has 3 heteroatoms. The van der Waals surface area contributed by atoms with Crippen molar-refractivity contribution < 1.29 is 14.2 Å². The SMILES string of the molecule is COc1ccc(OC)c(C2CCCO2)c1. The maximum Gasteiger partial charge on any atom is 0.124 e. The number of rotatable bonds is 3. The first-order valence-corrected chi connectivity index (χ1v) is 5.18. The number of hydrogen-bond donors (Lipinski definition) is 0. The van der Waals surface area contributed by atoms with E-state index in [2.05, 4.69) is 0 Å². The third-order valence-corrected chi connectivity index (χ3v) is 2.71. The summed E-state index contributed by atoms with van der Waals surface area (Å²) in [6, 6.07) is 5.82. The van der Waals surface area contributed by atoms with E-state index in [1.807, 2.05) is 18.2 Å². The third-order valence-electron chi connectivity index (χ3n) is 2.71. The molecule has 0 N–H and O–H groups in total. The minimum atomic E-state index is 0.162. The molecule has 1 aromatic carbocycles. The number of hydrogen-bond acceptors (Lipinski definition) is 3. The second-order valence-corrected chi connectivity index (χ2v) is 3.61. The van der Waals surface area contributed by atoms with Crippen molar-refractivity contribution in [2.24, 2.45) is 0 Å². The van der Waals surface area contributed by atoms with E-state index in [1.54, 1.807) is 14.2 Å². The number of methoxy groups -OCH3 is 2. The molecule has 0 bridgehead atoms. The molecule has 0 aliphatic carbocycles. The summed E-state index contributed by atoms with van der Waals surface area (Å²) >= 11 is 0. The quantitative estimate of drug-likeness (QED) is 0.764. The van der Waals surface area contributed by atoms with Crippen molar-refractivity contribution in [3.63, 3.8) is 0 Å². The molecule has 15 heavy (non-hydrogen) atoms. The normalized spacial score (nSPS) is 20.3. The minimum Gasteiger partial charge on any atom is -0.497 e. The number of benzene rings is 1. The van der Waals surface area contributed by atoms with Gasteiger partial charge in [0.05, 0.1) is 20.3 Å². The first-order chi connectivity index (χ1) is 7.35. The Balaban J connectivity index is 2.32. The van der Waals surface area contributed by atoms with Crippen molar-refractivity contribution in [1.82, 2.24) is 0 Å². The summed E-state index contributed by atoms with van der Waals surface area (Å²) in [6.45, 7) is 0.838. The lowest BCUT2D eigenvalue weighted by Crippen LogP contribution is -2.00. The van der Waals surface area contributed by atoms with Crippen LogP contribution in [0.2, 0.25) is 0 Å². The topological polar surface area (TPSA) is 27.7 Å². The van der Waals surface area contributed by atoms with Gasteiger partial charge in [-0.2, -0.15) is 0 Å². The predicted octanol–water partition coefficient (Wildman–Crippen LogP) is 2.56. The van der Waals surface area contributed by atoms with E-state index >= 15 is 0 Å². The van der Waals surface area contributed by atoms with Gasteiger partial charge in [0.25, 0.3) is 0 Å². The van der Waals surface area contributed by atoms with Crippen LogP contribution in [-0.2, 0) is 4.74 Å². The zero-order valence-electron chi connectivity index (χ0n) is 9.16. The molecule has 1 aliphatic heterocycles. The Hall–Kier alpha value is -1.22. The predicted molar refractivity (Wildman–Crippen MR) is 57.5 cm³/mol. The van der Waals surface area contributed by atoms with E-state index in [0.717, 1.165) is 36.5 Å². The monoisotopic (exact) mass is 208 g/mol. The zero-order valence-corrected chi connectivity index (χ0v) is 9.16. The summed E-state index contributed by atoms with van der Waals surface area (Å²) in [5.41, 5.74) is 1.09. The molecule has 0 spiro atoms.